The quantitative estimate of drug-likeness (QED) is 0.827. The Morgan fingerprint density at radius 1 is 1.22 bits per heavy atom. The van der Waals surface area contributed by atoms with E-state index in [1.807, 2.05) is 18.2 Å². The van der Waals surface area contributed by atoms with Crippen LogP contribution in [-0.4, -0.2) is 34.0 Å². The van der Waals surface area contributed by atoms with Crippen LogP contribution in [0.2, 0.25) is 0 Å². The molecule has 0 unspecified atom stereocenters. The summed E-state index contributed by atoms with van der Waals surface area (Å²) in [5, 5.41) is 4.36. The van der Waals surface area contributed by atoms with E-state index in [1.54, 1.807) is 0 Å². The summed E-state index contributed by atoms with van der Waals surface area (Å²) in [6, 6.07) is 10.3. The van der Waals surface area contributed by atoms with Crippen LogP contribution in [0.15, 0.2) is 34.9 Å². The molecule has 0 spiro atoms. The van der Waals surface area contributed by atoms with E-state index in [1.165, 1.54) is 12.0 Å². The first-order chi connectivity index (χ1) is 13.1. The molecule has 1 aromatic heterocycles. The molecular weight excluding hydrogens is 338 g/mol. The van der Waals surface area contributed by atoms with Crippen LogP contribution in [0.1, 0.15) is 69.1 Å². The fourth-order valence-corrected chi connectivity index (χ4v) is 5.29. The standard InChI is InChI=1S/C22H27N3O2/c1-15(2)18-23-19(24-27-18)22-10-6-9-17(22)13-25(14-22)20(26)21(11-12-21)16-7-4-3-5-8-16/h3-5,7-8,15,17H,6,9-14H2,1-2H3/t17-,22-/m1/s1. The van der Waals surface area contributed by atoms with Crippen molar-refractivity contribution < 1.29 is 9.32 Å². The molecule has 3 fully saturated rings. The zero-order valence-corrected chi connectivity index (χ0v) is 16.1. The fourth-order valence-electron chi connectivity index (χ4n) is 5.29. The predicted molar refractivity (Wildman–Crippen MR) is 101 cm³/mol. The lowest BCUT2D eigenvalue weighted by molar-refractivity contribution is -0.133. The molecule has 27 heavy (non-hydrogen) atoms. The third-order valence-corrected chi connectivity index (χ3v) is 7.02. The van der Waals surface area contributed by atoms with Crippen LogP contribution in [0.5, 0.6) is 0 Å². The average Bonchev–Trinajstić information content (AvgIpc) is 3.02. The molecule has 0 bridgehead atoms. The zero-order chi connectivity index (χ0) is 18.6. The molecule has 1 aromatic carbocycles. The van der Waals surface area contributed by atoms with Gasteiger partial charge in [-0.2, -0.15) is 4.98 Å². The highest BCUT2D eigenvalue weighted by Gasteiger charge is 2.59. The first-order valence-electron chi connectivity index (χ1n) is 10.2. The summed E-state index contributed by atoms with van der Waals surface area (Å²) in [5.41, 5.74) is 0.767. The molecule has 1 aliphatic heterocycles. The monoisotopic (exact) mass is 365 g/mol. The SMILES string of the molecule is CC(C)c1nc([C@@]23CCC[C@@H]2CN(C(=O)C2(c4ccccc4)CC2)C3)no1. The fraction of sp³-hybridized carbons (Fsp3) is 0.591. The Balaban J connectivity index is 1.43. The van der Waals surface area contributed by atoms with Gasteiger partial charge in [0.25, 0.3) is 0 Å². The number of nitrogens with zero attached hydrogens (tertiary/aromatic N) is 3. The number of aromatic nitrogens is 2. The van der Waals surface area contributed by atoms with E-state index in [0.29, 0.717) is 17.7 Å². The van der Waals surface area contributed by atoms with Crippen LogP contribution in [-0.2, 0) is 15.6 Å². The molecule has 5 rings (SSSR count). The number of amides is 1. The summed E-state index contributed by atoms with van der Waals surface area (Å²) >= 11 is 0. The molecule has 142 valence electrons. The van der Waals surface area contributed by atoms with Crippen molar-refractivity contribution in [1.82, 2.24) is 15.0 Å². The van der Waals surface area contributed by atoms with Gasteiger partial charge < -0.3 is 9.42 Å². The van der Waals surface area contributed by atoms with Crippen molar-refractivity contribution in [3.63, 3.8) is 0 Å². The largest absolute Gasteiger partial charge is 0.341 e. The van der Waals surface area contributed by atoms with Crippen molar-refractivity contribution in [2.24, 2.45) is 5.92 Å². The van der Waals surface area contributed by atoms with Gasteiger partial charge in [0.15, 0.2) is 5.82 Å². The lowest BCUT2D eigenvalue weighted by atomic mass is 9.80. The van der Waals surface area contributed by atoms with Crippen LogP contribution in [0.3, 0.4) is 0 Å². The van der Waals surface area contributed by atoms with Gasteiger partial charge in [-0.05, 0) is 37.2 Å². The van der Waals surface area contributed by atoms with Gasteiger partial charge in [0.2, 0.25) is 11.8 Å². The first kappa shape index (κ1) is 17.0. The summed E-state index contributed by atoms with van der Waals surface area (Å²) in [6.07, 6.45) is 5.31. The number of carbonyl (C=O) groups is 1. The smallest absolute Gasteiger partial charge is 0.233 e. The van der Waals surface area contributed by atoms with Gasteiger partial charge >= 0.3 is 0 Å². The molecule has 2 aliphatic carbocycles. The van der Waals surface area contributed by atoms with Crippen molar-refractivity contribution >= 4 is 5.91 Å². The third kappa shape index (κ3) is 2.47. The van der Waals surface area contributed by atoms with Gasteiger partial charge in [-0.1, -0.05) is 55.8 Å². The first-order valence-corrected chi connectivity index (χ1v) is 10.2. The van der Waals surface area contributed by atoms with Crippen molar-refractivity contribution in [3.8, 4) is 0 Å². The number of hydrogen-bond acceptors (Lipinski definition) is 4. The molecule has 2 heterocycles. The van der Waals surface area contributed by atoms with E-state index in [4.69, 9.17) is 9.51 Å². The van der Waals surface area contributed by atoms with Crippen LogP contribution in [0.25, 0.3) is 0 Å². The highest BCUT2D eigenvalue weighted by Crippen LogP contribution is 2.54. The minimum absolute atomic E-state index is 0.112. The van der Waals surface area contributed by atoms with Crippen molar-refractivity contribution in [2.75, 3.05) is 13.1 Å². The highest BCUT2D eigenvalue weighted by molar-refractivity contribution is 5.91. The van der Waals surface area contributed by atoms with E-state index >= 15 is 0 Å². The molecule has 5 nitrogen and oxygen atoms in total. The Hall–Kier alpha value is -2.17. The molecule has 2 saturated carbocycles. The molecule has 5 heteroatoms. The second kappa shape index (κ2) is 5.91. The summed E-state index contributed by atoms with van der Waals surface area (Å²) in [5.74, 6) is 2.52. The summed E-state index contributed by atoms with van der Waals surface area (Å²) in [6.45, 7) is 5.71. The molecular formula is C22H27N3O2. The van der Waals surface area contributed by atoms with Gasteiger partial charge in [0.05, 0.1) is 10.8 Å². The Labute approximate surface area is 160 Å². The van der Waals surface area contributed by atoms with Gasteiger partial charge in [0.1, 0.15) is 0 Å². The Morgan fingerprint density at radius 2 is 2.00 bits per heavy atom. The van der Waals surface area contributed by atoms with Gasteiger partial charge in [-0.15, -0.1) is 0 Å². The second-order valence-corrected chi connectivity index (χ2v) is 8.99. The maximum Gasteiger partial charge on any atom is 0.233 e. The minimum atomic E-state index is -0.290. The van der Waals surface area contributed by atoms with Crippen molar-refractivity contribution in [2.45, 2.75) is 62.7 Å². The highest BCUT2D eigenvalue weighted by atomic mass is 16.5. The number of fused-ring (bicyclic) bond motifs is 1. The average molecular weight is 365 g/mol. The number of carbonyl (C=O) groups excluding carboxylic acids is 1. The minimum Gasteiger partial charge on any atom is -0.341 e. The molecule has 0 N–H and O–H groups in total. The van der Waals surface area contributed by atoms with E-state index in [9.17, 15) is 4.79 Å². The van der Waals surface area contributed by atoms with Crippen molar-refractivity contribution in [3.05, 3.63) is 47.6 Å². The summed E-state index contributed by atoms with van der Waals surface area (Å²) in [7, 11) is 0. The Morgan fingerprint density at radius 3 is 2.67 bits per heavy atom. The van der Waals surface area contributed by atoms with E-state index in [2.05, 4.69) is 36.0 Å². The predicted octanol–water partition coefficient (Wildman–Crippen LogP) is 3.80. The van der Waals surface area contributed by atoms with E-state index in [-0.39, 0.29) is 16.7 Å². The van der Waals surface area contributed by atoms with Gasteiger partial charge in [-0.25, -0.2) is 0 Å². The number of benzene rings is 1. The van der Waals surface area contributed by atoms with E-state index in [0.717, 1.165) is 44.6 Å². The van der Waals surface area contributed by atoms with Crippen LogP contribution < -0.4 is 0 Å². The molecule has 1 saturated heterocycles. The zero-order valence-electron chi connectivity index (χ0n) is 16.1. The van der Waals surface area contributed by atoms with Crippen LogP contribution in [0, 0.1) is 5.92 Å². The number of likely N-dealkylation sites (tertiary alicyclic amines) is 1. The summed E-state index contributed by atoms with van der Waals surface area (Å²) < 4.78 is 5.52. The van der Waals surface area contributed by atoms with Gasteiger partial charge in [0, 0.05) is 19.0 Å². The molecule has 1 amide bonds. The number of rotatable bonds is 4. The topological polar surface area (TPSA) is 59.2 Å². The lowest BCUT2D eigenvalue weighted by Gasteiger charge is -2.27. The molecule has 2 aromatic rings. The van der Waals surface area contributed by atoms with E-state index < -0.39 is 0 Å². The second-order valence-electron chi connectivity index (χ2n) is 8.99. The maximum atomic E-state index is 13.5. The Kier molecular flexibility index (Phi) is 3.72. The normalized spacial score (nSPS) is 28.6. The molecule has 2 atom stereocenters. The van der Waals surface area contributed by atoms with Crippen molar-refractivity contribution in [1.29, 1.82) is 0 Å². The van der Waals surface area contributed by atoms with Crippen LogP contribution >= 0.6 is 0 Å². The summed E-state index contributed by atoms with van der Waals surface area (Å²) in [4.78, 5) is 20.4. The van der Waals surface area contributed by atoms with Crippen LogP contribution in [0.4, 0.5) is 0 Å². The molecule has 0 radical (unpaired) electrons. The molecule has 3 aliphatic rings. The third-order valence-electron chi connectivity index (χ3n) is 7.02. The number of hydrogen-bond donors (Lipinski definition) is 0. The maximum absolute atomic E-state index is 13.5. The lowest BCUT2D eigenvalue weighted by Crippen LogP contribution is -2.40. The van der Waals surface area contributed by atoms with Gasteiger partial charge in [-0.3, -0.25) is 4.79 Å². The Bertz CT molecular complexity index is 855.